The molecule has 0 saturated heterocycles. The van der Waals surface area contributed by atoms with Crippen molar-refractivity contribution in [2.45, 2.75) is 27.7 Å². The summed E-state index contributed by atoms with van der Waals surface area (Å²) in [5, 5.41) is 4.48. The first-order valence-corrected chi connectivity index (χ1v) is 17.1. The fourth-order valence-electron chi connectivity index (χ4n) is 6.55. The minimum atomic E-state index is 0. The van der Waals surface area contributed by atoms with Gasteiger partial charge in [0.05, 0.1) is 5.58 Å². The molecule has 0 amide bonds. The third kappa shape index (κ3) is 6.81. The van der Waals surface area contributed by atoms with Crippen LogP contribution in [0.25, 0.3) is 77.6 Å². The second-order valence-electron chi connectivity index (χ2n) is 13.0. The summed E-state index contributed by atoms with van der Waals surface area (Å²) in [5.74, 6) is 0. The van der Waals surface area contributed by atoms with Crippen LogP contribution in [0, 0.1) is 39.8 Å². The van der Waals surface area contributed by atoms with Crippen LogP contribution in [0.2, 0.25) is 0 Å². The number of fused-ring (bicyclic) bond motifs is 4. The van der Waals surface area contributed by atoms with Crippen molar-refractivity contribution < 1.29 is 24.5 Å². The Morgan fingerprint density at radius 3 is 2.04 bits per heavy atom. The van der Waals surface area contributed by atoms with Crippen molar-refractivity contribution in [2.24, 2.45) is 0 Å². The minimum absolute atomic E-state index is 0. The number of pyridine rings is 3. The maximum atomic E-state index is 6.25. The van der Waals surface area contributed by atoms with Gasteiger partial charge in [0.2, 0.25) is 5.71 Å². The Morgan fingerprint density at radius 1 is 0.558 bits per heavy atom. The number of nitrogens with zero attached hydrogens (tertiary/aromatic N) is 3. The van der Waals surface area contributed by atoms with E-state index in [4.69, 9.17) is 9.40 Å². The van der Waals surface area contributed by atoms with Crippen molar-refractivity contribution in [1.29, 1.82) is 0 Å². The van der Waals surface area contributed by atoms with Crippen LogP contribution in [-0.2, 0) is 20.1 Å². The number of hydrogen-bond acceptors (Lipinski definition) is 4. The summed E-state index contributed by atoms with van der Waals surface area (Å²) in [6.45, 7) is 8.18. The standard InChI is InChI=1S/C34H23N2O.C13H12N.Ir/c1-21-20-35-32(30-14-8-13-28-29-16-15-22(2)36-34(29)37-33(28)30)19-31(21)27-18-17-24(23-9-4-3-5-10-23)25-11-6-7-12-26(25)27;1-10-3-6-12(7-4-10)13-8-5-11(2)9-14-13;/h3-13,15-20H,1-2H3;3-6,8-9H,1-2H3;/q2*-1;. The molecule has 5 heteroatoms. The van der Waals surface area contributed by atoms with E-state index in [1.165, 1.54) is 38.6 Å². The first-order chi connectivity index (χ1) is 24.9. The minimum Gasteiger partial charge on any atom is -0.486 e. The van der Waals surface area contributed by atoms with E-state index < -0.39 is 0 Å². The summed E-state index contributed by atoms with van der Waals surface area (Å²) < 4.78 is 6.25. The van der Waals surface area contributed by atoms with E-state index >= 15 is 0 Å². The van der Waals surface area contributed by atoms with Crippen LogP contribution < -0.4 is 0 Å². The van der Waals surface area contributed by atoms with Gasteiger partial charge in [-0.05, 0) is 88.4 Å². The van der Waals surface area contributed by atoms with Gasteiger partial charge in [0.1, 0.15) is 0 Å². The van der Waals surface area contributed by atoms with E-state index in [0.717, 1.165) is 55.7 Å². The molecule has 0 unspecified atom stereocenters. The molecule has 0 N–H and O–H groups in total. The van der Waals surface area contributed by atoms with Crippen molar-refractivity contribution >= 4 is 32.8 Å². The van der Waals surface area contributed by atoms with Crippen molar-refractivity contribution in [2.75, 3.05) is 0 Å². The van der Waals surface area contributed by atoms with Gasteiger partial charge < -0.3 is 14.4 Å². The van der Waals surface area contributed by atoms with Gasteiger partial charge in [0.15, 0.2) is 0 Å². The van der Waals surface area contributed by atoms with Gasteiger partial charge >= 0.3 is 0 Å². The molecule has 9 aromatic rings. The molecule has 255 valence electrons. The third-order valence-corrected chi connectivity index (χ3v) is 9.25. The van der Waals surface area contributed by atoms with Gasteiger partial charge in [-0.1, -0.05) is 103 Å². The van der Waals surface area contributed by atoms with E-state index in [-0.39, 0.29) is 20.1 Å². The Hall–Kier alpha value is -5.74. The van der Waals surface area contributed by atoms with Gasteiger partial charge in [0.25, 0.3) is 0 Å². The van der Waals surface area contributed by atoms with E-state index in [9.17, 15) is 0 Å². The fourth-order valence-corrected chi connectivity index (χ4v) is 6.55. The molecule has 4 heterocycles. The molecule has 0 aliphatic carbocycles. The Balaban J connectivity index is 0.000000236. The predicted molar refractivity (Wildman–Crippen MR) is 209 cm³/mol. The van der Waals surface area contributed by atoms with E-state index in [1.54, 1.807) is 0 Å². The molecule has 0 bridgehead atoms. The molecule has 5 aromatic carbocycles. The Kier molecular flexibility index (Phi) is 9.91. The smallest absolute Gasteiger partial charge is 0.216 e. The summed E-state index contributed by atoms with van der Waals surface area (Å²) in [7, 11) is 0. The maximum absolute atomic E-state index is 6.25. The van der Waals surface area contributed by atoms with Crippen molar-refractivity contribution in [3.8, 4) is 44.8 Å². The monoisotopic (exact) mass is 850 g/mol. The quantitative estimate of drug-likeness (QED) is 0.166. The van der Waals surface area contributed by atoms with Crippen LogP contribution >= 0.6 is 0 Å². The summed E-state index contributed by atoms with van der Waals surface area (Å²) in [4.78, 5) is 13.7. The van der Waals surface area contributed by atoms with E-state index in [1.807, 2.05) is 62.6 Å². The molecule has 1 radical (unpaired) electrons. The molecule has 0 aliphatic rings. The molecule has 0 fully saturated rings. The first-order valence-electron chi connectivity index (χ1n) is 17.1. The molecule has 0 atom stereocenters. The molecule has 4 aromatic heterocycles. The average molecular weight is 850 g/mol. The zero-order chi connectivity index (χ0) is 34.9. The largest absolute Gasteiger partial charge is 0.486 e. The normalized spacial score (nSPS) is 10.9. The third-order valence-electron chi connectivity index (χ3n) is 9.25. The Bertz CT molecular complexity index is 2620. The van der Waals surface area contributed by atoms with Gasteiger partial charge in [0, 0.05) is 43.6 Å². The van der Waals surface area contributed by atoms with Crippen molar-refractivity contribution in [1.82, 2.24) is 15.0 Å². The molecule has 0 aliphatic heterocycles. The summed E-state index contributed by atoms with van der Waals surface area (Å²) >= 11 is 0. The number of aryl methyl sites for hydroxylation is 4. The fraction of sp³-hybridized carbons (Fsp3) is 0.0851. The summed E-state index contributed by atoms with van der Waals surface area (Å²) in [5.41, 5.74) is 14.4. The Labute approximate surface area is 317 Å². The van der Waals surface area contributed by atoms with Gasteiger partial charge in [-0.3, -0.25) is 0 Å². The van der Waals surface area contributed by atoms with E-state index in [2.05, 4.69) is 127 Å². The number of rotatable bonds is 4. The molecular weight excluding hydrogens is 815 g/mol. The zero-order valence-electron chi connectivity index (χ0n) is 29.4. The SMILES string of the molecule is Cc1c[c-]c(-c2ccc(C)cn2)cc1.Cc1ccc2c(n1)oc1c(-c3cc(-c4ccc(-c5ccccc5)c5ccccc45)c(C)cn3)[c-]ccc12.[Ir]. The number of furan rings is 1. The average Bonchev–Trinajstić information content (AvgIpc) is 3.54. The predicted octanol–water partition coefficient (Wildman–Crippen LogP) is 12.1. The molecule has 0 spiro atoms. The van der Waals surface area contributed by atoms with Crippen LogP contribution in [-0.4, -0.2) is 15.0 Å². The van der Waals surface area contributed by atoms with Gasteiger partial charge in [-0.25, -0.2) is 4.98 Å². The van der Waals surface area contributed by atoms with Gasteiger partial charge in [-0.15, -0.1) is 53.6 Å². The zero-order valence-corrected chi connectivity index (χ0v) is 31.8. The second-order valence-corrected chi connectivity index (χ2v) is 13.0. The van der Waals surface area contributed by atoms with Crippen LogP contribution in [0.3, 0.4) is 0 Å². The van der Waals surface area contributed by atoms with Crippen molar-refractivity contribution in [3.05, 3.63) is 174 Å². The van der Waals surface area contributed by atoms with Crippen LogP contribution in [0.15, 0.2) is 144 Å². The second kappa shape index (κ2) is 14.9. The molecule has 9 rings (SSSR count). The van der Waals surface area contributed by atoms with Crippen LogP contribution in [0.4, 0.5) is 0 Å². The number of aromatic nitrogens is 3. The van der Waals surface area contributed by atoms with E-state index in [0.29, 0.717) is 5.71 Å². The topological polar surface area (TPSA) is 51.8 Å². The van der Waals surface area contributed by atoms with Crippen molar-refractivity contribution in [3.63, 3.8) is 0 Å². The molecule has 4 nitrogen and oxygen atoms in total. The van der Waals surface area contributed by atoms with Crippen LogP contribution in [0.1, 0.15) is 22.4 Å². The number of hydrogen-bond donors (Lipinski definition) is 0. The molecule has 52 heavy (non-hydrogen) atoms. The number of benzene rings is 5. The molecule has 0 saturated carbocycles. The van der Waals surface area contributed by atoms with Crippen LogP contribution in [0.5, 0.6) is 0 Å². The Morgan fingerprint density at radius 2 is 1.29 bits per heavy atom. The van der Waals surface area contributed by atoms with Gasteiger partial charge in [-0.2, -0.15) is 0 Å². The first kappa shape index (κ1) is 34.7. The summed E-state index contributed by atoms with van der Waals surface area (Å²) in [6, 6.07) is 50.7. The summed E-state index contributed by atoms with van der Waals surface area (Å²) in [6.07, 6.45) is 3.82. The molecular formula is C47H35IrN3O-2. The maximum Gasteiger partial charge on any atom is 0.216 e.